The maximum absolute atomic E-state index is 14.5. The van der Waals surface area contributed by atoms with Crippen LogP contribution >= 0.6 is 0 Å². The second kappa shape index (κ2) is 9.57. The minimum atomic E-state index is -3.59. The zero-order valence-corrected chi connectivity index (χ0v) is 19.0. The normalized spacial score (nSPS) is 16.3. The van der Waals surface area contributed by atoms with Crippen molar-refractivity contribution < 1.29 is 35.5 Å². The lowest BCUT2D eigenvalue weighted by Crippen LogP contribution is -2.38. The molecule has 13 heteroatoms. The largest absolute Gasteiger partial charge is 0.433 e. The molecule has 1 amide bonds. The molecule has 1 atom stereocenters. The number of carbonyl (C=O) groups excluding carboxylic acids is 1. The molecule has 0 saturated heterocycles. The van der Waals surface area contributed by atoms with E-state index in [1.807, 2.05) is 0 Å². The molecule has 1 heterocycles. The number of amidine groups is 1. The van der Waals surface area contributed by atoms with Gasteiger partial charge in [-0.1, -0.05) is 0 Å². The third kappa shape index (κ3) is 5.29. The lowest BCUT2D eigenvalue weighted by atomic mass is 10.1. The number of alkyl halides is 3. The highest BCUT2D eigenvalue weighted by Gasteiger charge is 2.56. The van der Waals surface area contributed by atoms with Gasteiger partial charge in [0.1, 0.15) is 40.6 Å². The molecule has 1 aromatic carbocycles. The SMILES string of the molecule is Cc1cc(OC(F)F)cnc1C(=O)Nc1ccc(F)c(C(CF)N=C(N)C2(S(C)(=O)=O)CC2)c1. The number of pyridine rings is 1. The number of aliphatic imine (C=N–C) groups is 1. The van der Waals surface area contributed by atoms with E-state index in [4.69, 9.17) is 5.73 Å². The van der Waals surface area contributed by atoms with Crippen LogP contribution in [-0.4, -0.2) is 49.4 Å². The van der Waals surface area contributed by atoms with E-state index in [1.54, 1.807) is 0 Å². The van der Waals surface area contributed by atoms with Gasteiger partial charge in [0.25, 0.3) is 5.91 Å². The van der Waals surface area contributed by atoms with Gasteiger partial charge in [0.15, 0.2) is 9.84 Å². The number of hydrogen-bond acceptors (Lipinski definition) is 6. The van der Waals surface area contributed by atoms with Gasteiger partial charge >= 0.3 is 6.61 Å². The van der Waals surface area contributed by atoms with Gasteiger partial charge in [0.05, 0.1) is 6.20 Å². The Hall–Kier alpha value is -3.22. The second-order valence-corrected chi connectivity index (χ2v) is 10.2. The predicted octanol–water partition coefficient (Wildman–Crippen LogP) is 3.33. The summed E-state index contributed by atoms with van der Waals surface area (Å²) in [5.74, 6) is -2.08. The lowest BCUT2D eigenvalue weighted by molar-refractivity contribution is -0.0501. The number of nitrogens with one attached hydrogen (secondary N) is 1. The highest BCUT2D eigenvalue weighted by Crippen LogP contribution is 2.44. The van der Waals surface area contributed by atoms with Crippen LogP contribution in [0, 0.1) is 12.7 Å². The number of benzene rings is 1. The number of sulfone groups is 1. The van der Waals surface area contributed by atoms with Crippen LogP contribution in [0.3, 0.4) is 0 Å². The third-order valence-electron chi connectivity index (χ3n) is 5.43. The van der Waals surface area contributed by atoms with Crippen LogP contribution in [0.4, 0.5) is 23.2 Å². The molecule has 184 valence electrons. The Bertz CT molecular complexity index is 1230. The molecule has 0 bridgehead atoms. The first kappa shape index (κ1) is 25.4. The van der Waals surface area contributed by atoms with Gasteiger partial charge in [0.2, 0.25) is 0 Å². The van der Waals surface area contributed by atoms with Gasteiger partial charge in [-0.2, -0.15) is 8.78 Å². The summed E-state index contributed by atoms with van der Waals surface area (Å²) in [6.07, 6.45) is 2.44. The van der Waals surface area contributed by atoms with Crippen molar-refractivity contribution in [2.75, 3.05) is 18.2 Å². The topological polar surface area (TPSA) is 124 Å². The Morgan fingerprint density at radius 1 is 1.32 bits per heavy atom. The van der Waals surface area contributed by atoms with Crippen LogP contribution in [-0.2, 0) is 9.84 Å². The summed E-state index contributed by atoms with van der Waals surface area (Å²) in [7, 11) is -3.59. The smallest absolute Gasteiger partial charge is 0.387 e. The van der Waals surface area contributed by atoms with Crippen molar-refractivity contribution in [2.45, 2.75) is 37.2 Å². The first-order valence-corrected chi connectivity index (χ1v) is 11.9. The average molecular weight is 502 g/mol. The van der Waals surface area contributed by atoms with Crippen molar-refractivity contribution in [2.24, 2.45) is 10.7 Å². The summed E-state index contributed by atoms with van der Waals surface area (Å²) >= 11 is 0. The molecule has 1 saturated carbocycles. The summed E-state index contributed by atoms with van der Waals surface area (Å²) in [4.78, 5) is 20.4. The molecule has 3 N–H and O–H groups in total. The Morgan fingerprint density at radius 2 is 2.00 bits per heavy atom. The van der Waals surface area contributed by atoms with Crippen molar-refractivity contribution in [3.63, 3.8) is 0 Å². The number of carbonyl (C=O) groups is 1. The minimum absolute atomic E-state index is 0.0759. The molecular formula is C21H22F4N4O4S. The van der Waals surface area contributed by atoms with E-state index >= 15 is 0 Å². The van der Waals surface area contributed by atoms with Crippen LogP contribution < -0.4 is 15.8 Å². The Balaban J connectivity index is 1.84. The van der Waals surface area contributed by atoms with E-state index in [0.717, 1.165) is 24.6 Å². The number of anilines is 1. The van der Waals surface area contributed by atoms with Crippen molar-refractivity contribution in [3.8, 4) is 5.75 Å². The van der Waals surface area contributed by atoms with Gasteiger partial charge in [-0.15, -0.1) is 0 Å². The Kier molecular flexibility index (Phi) is 7.15. The molecule has 0 radical (unpaired) electrons. The van der Waals surface area contributed by atoms with E-state index in [0.29, 0.717) is 0 Å². The number of rotatable bonds is 9. The molecule has 0 aliphatic heterocycles. The van der Waals surface area contributed by atoms with E-state index < -0.39 is 45.6 Å². The molecule has 0 spiro atoms. The number of hydrogen-bond donors (Lipinski definition) is 2. The highest BCUT2D eigenvalue weighted by atomic mass is 32.2. The van der Waals surface area contributed by atoms with E-state index in [2.05, 4.69) is 20.0 Å². The van der Waals surface area contributed by atoms with Crippen LogP contribution in [0.15, 0.2) is 35.5 Å². The molecule has 1 aliphatic rings. The van der Waals surface area contributed by atoms with Gasteiger partial charge in [-0.05, 0) is 49.6 Å². The molecular weight excluding hydrogens is 480 g/mol. The maximum atomic E-state index is 14.5. The van der Waals surface area contributed by atoms with E-state index in [1.165, 1.54) is 19.1 Å². The number of ether oxygens (including phenoxy) is 1. The Labute approximate surface area is 193 Å². The van der Waals surface area contributed by atoms with Crippen molar-refractivity contribution in [1.82, 2.24) is 4.98 Å². The Morgan fingerprint density at radius 3 is 2.53 bits per heavy atom. The first-order chi connectivity index (χ1) is 15.9. The summed E-state index contributed by atoms with van der Waals surface area (Å²) in [6.45, 7) is -2.75. The quantitative estimate of drug-likeness (QED) is 0.308. The summed E-state index contributed by atoms with van der Waals surface area (Å²) in [5.41, 5.74) is 5.85. The number of nitrogens with two attached hydrogens (primary N) is 1. The van der Waals surface area contributed by atoms with Crippen molar-refractivity contribution >= 4 is 27.3 Å². The first-order valence-electron chi connectivity index (χ1n) is 9.99. The molecule has 3 rings (SSSR count). The molecule has 34 heavy (non-hydrogen) atoms. The highest BCUT2D eigenvalue weighted by molar-refractivity contribution is 7.93. The zero-order chi connectivity index (χ0) is 25.3. The van der Waals surface area contributed by atoms with Crippen LogP contribution in [0.1, 0.15) is 40.5 Å². The lowest BCUT2D eigenvalue weighted by Gasteiger charge is -2.17. The number of halogens is 4. The summed E-state index contributed by atoms with van der Waals surface area (Å²) < 4.78 is 79.8. The van der Waals surface area contributed by atoms with Gasteiger partial charge in [-0.25, -0.2) is 22.2 Å². The summed E-state index contributed by atoms with van der Waals surface area (Å²) in [6, 6.07) is 3.14. The van der Waals surface area contributed by atoms with Crippen molar-refractivity contribution in [1.29, 1.82) is 0 Å². The molecule has 1 aliphatic carbocycles. The fourth-order valence-corrected chi connectivity index (χ4v) is 4.70. The fraction of sp³-hybridized carbons (Fsp3) is 0.381. The molecule has 8 nitrogen and oxygen atoms in total. The van der Waals surface area contributed by atoms with E-state index in [-0.39, 0.29) is 46.9 Å². The molecule has 1 aromatic heterocycles. The monoisotopic (exact) mass is 502 g/mol. The van der Waals surface area contributed by atoms with Gasteiger partial charge < -0.3 is 15.8 Å². The van der Waals surface area contributed by atoms with E-state index in [9.17, 15) is 30.8 Å². The minimum Gasteiger partial charge on any atom is -0.433 e. The van der Waals surface area contributed by atoms with Crippen molar-refractivity contribution in [3.05, 3.63) is 53.1 Å². The number of amides is 1. The number of aryl methyl sites for hydroxylation is 1. The number of aromatic nitrogens is 1. The zero-order valence-electron chi connectivity index (χ0n) is 18.2. The fourth-order valence-electron chi connectivity index (χ4n) is 3.42. The molecule has 1 unspecified atom stereocenters. The van der Waals surface area contributed by atoms with Gasteiger partial charge in [0, 0.05) is 17.5 Å². The van der Waals surface area contributed by atoms with Crippen LogP contribution in [0.2, 0.25) is 0 Å². The second-order valence-electron chi connectivity index (χ2n) is 7.86. The van der Waals surface area contributed by atoms with Crippen LogP contribution in [0.25, 0.3) is 0 Å². The van der Waals surface area contributed by atoms with Gasteiger partial charge in [-0.3, -0.25) is 9.79 Å². The predicted molar refractivity (Wildman–Crippen MR) is 117 cm³/mol. The summed E-state index contributed by atoms with van der Waals surface area (Å²) in [5, 5.41) is 2.47. The maximum Gasteiger partial charge on any atom is 0.387 e. The average Bonchev–Trinajstić information content (AvgIpc) is 3.55. The standard InChI is InChI=1S/C21H22F4N4O4S/c1-11-7-13(33-20(24)25)10-27-17(11)18(30)28-12-3-4-15(23)14(8-12)16(9-22)29-19(26)21(5-6-21)34(2,31)32/h3-4,7-8,10,16,20H,5-6,9H2,1-2H3,(H2,26,29)(H,28,30). The number of nitrogens with zero attached hydrogens (tertiary/aromatic N) is 2. The third-order valence-corrected chi connectivity index (χ3v) is 7.47. The van der Waals surface area contributed by atoms with Crippen LogP contribution in [0.5, 0.6) is 5.75 Å². The molecule has 2 aromatic rings. The molecule has 1 fully saturated rings.